The molecule has 0 radical (unpaired) electrons. The minimum Gasteiger partial charge on any atom is -0.378 e. The number of nitrogens with zero attached hydrogens (tertiary/aromatic N) is 1. The fourth-order valence-corrected chi connectivity index (χ4v) is 2.75. The smallest absolute Gasteiger partial charge is 0.224 e. The van der Waals surface area contributed by atoms with Crippen molar-refractivity contribution in [2.24, 2.45) is 5.92 Å². The molecule has 1 atom stereocenters. The predicted octanol–water partition coefficient (Wildman–Crippen LogP) is 2.50. The third kappa shape index (κ3) is 4.97. The van der Waals surface area contributed by atoms with Crippen molar-refractivity contribution in [3.8, 4) is 0 Å². The molecule has 1 aromatic carbocycles. The number of hydrogen-bond donors (Lipinski definition) is 1. The van der Waals surface area contributed by atoms with Crippen LogP contribution in [0, 0.1) is 17.6 Å². The quantitative estimate of drug-likeness (QED) is 0.873. The molecule has 1 unspecified atom stereocenters. The molecule has 1 heterocycles. The first-order valence-electron chi connectivity index (χ1n) is 8.03. The summed E-state index contributed by atoms with van der Waals surface area (Å²) < 4.78 is 31.7. The van der Waals surface area contributed by atoms with Gasteiger partial charge in [-0.05, 0) is 23.6 Å². The molecule has 128 valence electrons. The highest BCUT2D eigenvalue weighted by Gasteiger charge is 2.19. The van der Waals surface area contributed by atoms with Crippen molar-refractivity contribution in [1.29, 1.82) is 0 Å². The Morgan fingerprint density at radius 3 is 2.57 bits per heavy atom. The summed E-state index contributed by atoms with van der Waals surface area (Å²) in [5.74, 6) is -1.41. The fraction of sp³-hybridized carbons (Fsp3) is 0.588. The number of benzene rings is 1. The zero-order chi connectivity index (χ0) is 16.8. The number of hydrogen-bond acceptors (Lipinski definition) is 3. The number of morpholine rings is 1. The van der Waals surface area contributed by atoms with Crippen LogP contribution in [0.3, 0.4) is 0 Å². The third-order valence-electron chi connectivity index (χ3n) is 4.04. The molecule has 1 amide bonds. The average Bonchev–Trinajstić information content (AvgIpc) is 2.54. The Kier molecular flexibility index (Phi) is 6.47. The van der Waals surface area contributed by atoms with Gasteiger partial charge in [-0.25, -0.2) is 8.78 Å². The minimum absolute atomic E-state index is 0.0913. The molecule has 1 aliphatic rings. The Morgan fingerprint density at radius 1 is 1.26 bits per heavy atom. The van der Waals surface area contributed by atoms with E-state index in [9.17, 15) is 13.6 Å². The lowest BCUT2D eigenvalue weighted by Gasteiger charge is -2.28. The van der Waals surface area contributed by atoms with Crippen LogP contribution in [0.25, 0.3) is 0 Å². The van der Waals surface area contributed by atoms with E-state index < -0.39 is 11.6 Å². The van der Waals surface area contributed by atoms with Gasteiger partial charge < -0.3 is 15.0 Å². The predicted molar refractivity (Wildman–Crippen MR) is 84.0 cm³/mol. The van der Waals surface area contributed by atoms with Crippen LogP contribution in [0.2, 0.25) is 0 Å². The van der Waals surface area contributed by atoms with E-state index in [1.807, 2.05) is 13.8 Å². The molecule has 0 aliphatic carbocycles. The van der Waals surface area contributed by atoms with E-state index in [4.69, 9.17) is 4.74 Å². The molecule has 1 fully saturated rings. The van der Waals surface area contributed by atoms with Crippen LogP contribution in [-0.4, -0.2) is 43.7 Å². The van der Waals surface area contributed by atoms with E-state index >= 15 is 0 Å². The first kappa shape index (κ1) is 17.8. The van der Waals surface area contributed by atoms with Crippen molar-refractivity contribution in [3.05, 3.63) is 35.4 Å². The molecule has 6 heteroatoms. The van der Waals surface area contributed by atoms with Gasteiger partial charge in [0.25, 0.3) is 0 Å². The summed E-state index contributed by atoms with van der Waals surface area (Å²) >= 11 is 0. The number of nitrogens with one attached hydrogen (secondary N) is 1. The summed E-state index contributed by atoms with van der Waals surface area (Å²) in [6.45, 7) is 6.94. The van der Waals surface area contributed by atoms with Crippen LogP contribution in [0.4, 0.5) is 8.78 Å². The van der Waals surface area contributed by atoms with E-state index in [1.165, 1.54) is 6.07 Å². The fourth-order valence-electron chi connectivity index (χ4n) is 2.75. The number of carbonyl (C=O) groups excluding carboxylic acids is 1. The number of amides is 1. The molecular weight excluding hydrogens is 302 g/mol. The molecular formula is C17H24F2N2O2. The SMILES string of the molecule is CC(C)C(NCCC(=O)N1CCOCC1)c1ccc(F)c(F)c1. The molecule has 4 nitrogen and oxygen atoms in total. The lowest BCUT2D eigenvalue weighted by atomic mass is 9.95. The summed E-state index contributed by atoms with van der Waals surface area (Å²) in [6, 6.07) is 3.82. The Morgan fingerprint density at radius 2 is 1.96 bits per heavy atom. The molecule has 0 aromatic heterocycles. The van der Waals surface area contributed by atoms with Crippen LogP contribution < -0.4 is 5.32 Å². The first-order chi connectivity index (χ1) is 11.0. The van der Waals surface area contributed by atoms with Gasteiger partial charge in [-0.1, -0.05) is 19.9 Å². The van der Waals surface area contributed by atoms with Crippen molar-refractivity contribution < 1.29 is 18.3 Å². The van der Waals surface area contributed by atoms with Gasteiger partial charge in [0.2, 0.25) is 5.91 Å². The minimum atomic E-state index is -0.848. The molecule has 2 rings (SSSR count). The maximum Gasteiger partial charge on any atom is 0.224 e. The van der Waals surface area contributed by atoms with Crippen LogP contribution in [0.1, 0.15) is 31.9 Å². The Labute approximate surface area is 135 Å². The standard InChI is InChI=1S/C17H24F2N2O2/c1-12(2)17(13-3-4-14(18)15(19)11-13)20-6-5-16(22)21-7-9-23-10-8-21/h3-4,11-12,17,20H,5-10H2,1-2H3. The Balaban J connectivity index is 1.89. The topological polar surface area (TPSA) is 41.6 Å². The number of halogens is 2. The molecule has 0 spiro atoms. The summed E-state index contributed by atoms with van der Waals surface area (Å²) in [7, 11) is 0. The van der Waals surface area contributed by atoms with E-state index in [1.54, 1.807) is 11.0 Å². The van der Waals surface area contributed by atoms with Crippen LogP contribution >= 0.6 is 0 Å². The van der Waals surface area contributed by atoms with Gasteiger partial charge in [0.05, 0.1) is 13.2 Å². The van der Waals surface area contributed by atoms with Crippen molar-refractivity contribution >= 4 is 5.91 Å². The van der Waals surface area contributed by atoms with Gasteiger partial charge in [-0.15, -0.1) is 0 Å². The van der Waals surface area contributed by atoms with Crippen molar-refractivity contribution in [1.82, 2.24) is 10.2 Å². The van der Waals surface area contributed by atoms with E-state index in [0.29, 0.717) is 44.8 Å². The molecule has 1 aliphatic heterocycles. The van der Waals surface area contributed by atoms with E-state index in [2.05, 4.69) is 5.32 Å². The normalized spacial score (nSPS) is 16.7. The highest BCUT2D eigenvalue weighted by Crippen LogP contribution is 2.23. The molecule has 0 saturated carbocycles. The van der Waals surface area contributed by atoms with E-state index in [0.717, 1.165) is 6.07 Å². The lowest BCUT2D eigenvalue weighted by molar-refractivity contribution is -0.135. The lowest BCUT2D eigenvalue weighted by Crippen LogP contribution is -2.42. The van der Waals surface area contributed by atoms with Crippen LogP contribution in [0.15, 0.2) is 18.2 Å². The maximum absolute atomic E-state index is 13.4. The van der Waals surface area contributed by atoms with E-state index in [-0.39, 0.29) is 17.9 Å². The average molecular weight is 326 g/mol. The van der Waals surface area contributed by atoms with Gasteiger partial charge in [-0.3, -0.25) is 4.79 Å². The second-order valence-corrected chi connectivity index (χ2v) is 6.09. The van der Waals surface area contributed by atoms with Gasteiger partial charge in [0.15, 0.2) is 11.6 Å². The number of ether oxygens (including phenoxy) is 1. The third-order valence-corrected chi connectivity index (χ3v) is 4.04. The number of carbonyl (C=O) groups is 1. The molecule has 1 aromatic rings. The van der Waals surface area contributed by atoms with Crippen molar-refractivity contribution in [3.63, 3.8) is 0 Å². The highest BCUT2D eigenvalue weighted by molar-refractivity contribution is 5.76. The maximum atomic E-state index is 13.4. The van der Waals surface area contributed by atoms with Gasteiger partial charge in [-0.2, -0.15) is 0 Å². The van der Waals surface area contributed by atoms with Gasteiger partial charge in [0, 0.05) is 32.1 Å². The Bertz CT molecular complexity index is 531. The molecule has 1 N–H and O–H groups in total. The molecule has 0 bridgehead atoms. The van der Waals surface area contributed by atoms with Crippen LogP contribution in [-0.2, 0) is 9.53 Å². The second kappa shape index (κ2) is 8.36. The molecule has 23 heavy (non-hydrogen) atoms. The second-order valence-electron chi connectivity index (χ2n) is 6.09. The Hall–Kier alpha value is -1.53. The largest absolute Gasteiger partial charge is 0.378 e. The number of rotatable bonds is 6. The summed E-state index contributed by atoms with van der Waals surface area (Å²) in [4.78, 5) is 13.9. The van der Waals surface area contributed by atoms with Crippen LogP contribution in [0.5, 0.6) is 0 Å². The van der Waals surface area contributed by atoms with Crippen molar-refractivity contribution in [2.45, 2.75) is 26.3 Å². The summed E-state index contributed by atoms with van der Waals surface area (Å²) in [5, 5.41) is 3.28. The highest BCUT2D eigenvalue weighted by atomic mass is 19.2. The zero-order valence-electron chi connectivity index (χ0n) is 13.6. The summed E-state index contributed by atoms with van der Waals surface area (Å²) in [5.41, 5.74) is 0.692. The van der Waals surface area contributed by atoms with Gasteiger partial charge >= 0.3 is 0 Å². The first-order valence-corrected chi connectivity index (χ1v) is 8.03. The van der Waals surface area contributed by atoms with Crippen molar-refractivity contribution in [2.75, 3.05) is 32.8 Å². The molecule has 1 saturated heterocycles. The van der Waals surface area contributed by atoms with Gasteiger partial charge in [0.1, 0.15) is 0 Å². The summed E-state index contributed by atoms with van der Waals surface area (Å²) in [6.07, 6.45) is 0.382. The zero-order valence-corrected chi connectivity index (χ0v) is 13.6. The monoisotopic (exact) mass is 326 g/mol.